The van der Waals surface area contributed by atoms with Gasteiger partial charge in [0.15, 0.2) is 0 Å². The quantitative estimate of drug-likeness (QED) is 0.659. The third kappa shape index (κ3) is 2.20. The first-order valence-corrected chi connectivity index (χ1v) is 4.83. The van der Waals surface area contributed by atoms with Gasteiger partial charge in [0.25, 0.3) is 0 Å². The van der Waals surface area contributed by atoms with E-state index < -0.39 is 0 Å². The summed E-state index contributed by atoms with van der Waals surface area (Å²) in [6.45, 7) is 11.0. The van der Waals surface area contributed by atoms with Gasteiger partial charge in [-0.3, -0.25) is 4.99 Å². The predicted molar refractivity (Wildman–Crippen MR) is 57.7 cm³/mol. The molecule has 0 amide bonds. The van der Waals surface area contributed by atoms with E-state index in [1.54, 1.807) is 0 Å². The third-order valence-corrected chi connectivity index (χ3v) is 2.49. The molecule has 72 valence electrons. The van der Waals surface area contributed by atoms with E-state index in [0.29, 0.717) is 11.8 Å². The Balaban J connectivity index is 2.85. The minimum atomic E-state index is 0.558. The lowest BCUT2D eigenvalue weighted by molar-refractivity contribution is 0.536. The zero-order valence-corrected chi connectivity index (χ0v) is 8.67. The highest BCUT2D eigenvalue weighted by Gasteiger charge is 2.16. The second kappa shape index (κ2) is 4.26. The molecule has 2 heteroatoms. The van der Waals surface area contributed by atoms with Gasteiger partial charge in [-0.15, -0.1) is 0 Å². The van der Waals surface area contributed by atoms with Crippen LogP contribution in [0.15, 0.2) is 28.5 Å². The summed E-state index contributed by atoms with van der Waals surface area (Å²) in [6, 6.07) is 0. The van der Waals surface area contributed by atoms with Gasteiger partial charge in [0.2, 0.25) is 0 Å². The van der Waals surface area contributed by atoms with Crippen molar-refractivity contribution in [3.63, 3.8) is 0 Å². The van der Waals surface area contributed by atoms with Crippen molar-refractivity contribution in [1.82, 2.24) is 5.32 Å². The summed E-state index contributed by atoms with van der Waals surface area (Å²) < 4.78 is 0. The molecule has 13 heavy (non-hydrogen) atoms. The lowest BCUT2D eigenvalue weighted by Gasteiger charge is -2.22. The first kappa shape index (κ1) is 10.0. The lowest BCUT2D eigenvalue weighted by atomic mass is 9.89. The number of aliphatic imine (C=N–C) groups is 1. The van der Waals surface area contributed by atoms with Gasteiger partial charge in [-0.2, -0.15) is 0 Å². The summed E-state index contributed by atoms with van der Waals surface area (Å²) in [5, 5.41) is 3.30. The molecule has 0 aromatic rings. The Kier molecular flexibility index (Phi) is 3.29. The summed E-state index contributed by atoms with van der Waals surface area (Å²) in [6.07, 6.45) is 4.41. The minimum Gasteiger partial charge on any atom is -0.384 e. The van der Waals surface area contributed by atoms with Crippen molar-refractivity contribution in [2.24, 2.45) is 16.8 Å². The lowest BCUT2D eigenvalue weighted by Crippen LogP contribution is -2.20. The number of hydrogen-bond donors (Lipinski definition) is 1. The molecule has 2 atom stereocenters. The van der Waals surface area contributed by atoms with Gasteiger partial charge in [0.05, 0.1) is 11.4 Å². The summed E-state index contributed by atoms with van der Waals surface area (Å²) >= 11 is 0. The molecule has 1 N–H and O–H groups in total. The van der Waals surface area contributed by atoms with Gasteiger partial charge in [-0.1, -0.05) is 26.0 Å². The Morgan fingerprint density at radius 3 is 2.54 bits per heavy atom. The van der Waals surface area contributed by atoms with Crippen molar-refractivity contribution in [1.29, 1.82) is 0 Å². The highest BCUT2D eigenvalue weighted by Crippen LogP contribution is 2.26. The summed E-state index contributed by atoms with van der Waals surface area (Å²) in [5.41, 5.74) is 2.12. The summed E-state index contributed by atoms with van der Waals surface area (Å²) in [4.78, 5) is 4.01. The SMILES string of the molecule is C=NC1=CC(C)C(C)C=C1NCC. The van der Waals surface area contributed by atoms with Crippen LogP contribution in [0.5, 0.6) is 0 Å². The fourth-order valence-electron chi connectivity index (χ4n) is 1.47. The molecule has 0 aromatic heterocycles. The summed E-state index contributed by atoms with van der Waals surface area (Å²) in [7, 11) is 0. The van der Waals surface area contributed by atoms with Crippen LogP contribution in [-0.2, 0) is 0 Å². The van der Waals surface area contributed by atoms with E-state index in [2.05, 4.69) is 49.9 Å². The van der Waals surface area contributed by atoms with Gasteiger partial charge in [0, 0.05) is 6.54 Å². The number of likely N-dealkylation sites (N-methyl/N-ethyl adjacent to an activating group) is 1. The van der Waals surface area contributed by atoms with Crippen LogP contribution in [0.2, 0.25) is 0 Å². The van der Waals surface area contributed by atoms with Crippen LogP contribution >= 0.6 is 0 Å². The molecule has 1 aliphatic rings. The Bertz CT molecular complexity index is 251. The molecule has 0 spiro atoms. The molecule has 1 aliphatic carbocycles. The average Bonchev–Trinajstić information content (AvgIpc) is 2.11. The highest BCUT2D eigenvalue weighted by molar-refractivity contribution is 5.40. The van der Waals surface area contributed by atoms with Crippen molar-refractivity contribution < 1.29 is 0 Å². The Morgan fingerprint density at radius 1 is 1.38 bits per heavy atom. The zero-order chi connectivity index (χ0) is 9.84. The number of nitrogens with one attached hydrogen (secondary N) is 1. The van der Waals surface area contributed by atoms with E-state index in [1.165, 1.54) is 0 Å². The predicted octanol–water partition coefficient (Wildman–Crippen LogP) is 2.35. The van der Waals surface area contributed by atoms with Crippen LogP contribution in [0.4, 0.5) is 0 Å². The molecule has 1 rings (SSSR count). The second-order valence-electron chi connectivity index (χ2n) is 3.54. The fraction of sp³-hybridized carbons (Fsp3) is 0.545. The van der Waals surface area contributed by atoms with E-state index in [1.807, 2.05) is 0 Å². The molecular formula is C11H18N2. The number of allylic oxidation sites excluding steroid dienone is 2. The topological polar surface area (TPSA) is 24.4 Å². The van der Waals surface area contributed by atoms with Gasteiger partial charge >= 0.3 is 0 Å². The summed E-state index contributed by atoms with van der Waals surface area (Å²) in [5.74, 6) is 1.14. The first-order chi connectivity index (χ1) is 6.19. The van der Waals surface area contributed by atoms with Crippen LogP contribution < -0.4 is 5.32 Å². The second-order valence-corrected chi connectivity index (χ2v) is 3.54. The average molecular weight is 178 g/mol. The van der Waals surface area contributed by atoms with E-state index in [0.717, 1.165) is 17.9 Å². The van der Waals surface area contributed by atoms with Crippen molar-refractivity contribution in [2.75, 3.05) is 6.54 Å². The number of rotatable bonds is 3. The van der Waals surface area contributed by atoms with E-state index in [-0.39, 0.29) is 0 Å². The van der Waals surface area contributed by atoms with Gasteiger partial charge in [0.1, 0.15) is 0 Å². The number of hydrogen-bond acceptors (Lipinski definition) is 2. The van der Waals surface area contributed by atoms with Crippen LogP contribution in [0.1, 0.15) is 20.8 Å². The molecule has 0 heterocycles. The molecule has 0 bridgehead atoms. The molecular weight excluding hydrogens is 160 g/mol. The van der Waals surface area contributed by atoms with E-state index in [9.17, 15) is 0 Å². The monoisotopic (exact) mass is 178 g/mol. The molecule has 2 nitrogen and oxygen atoms in total. The smallest absolute Gasteiger partial charge is 0.0813 e. The molecule has 0 radical (unpaired) electrons. The van der Waals surface area contributed by atoms with Gasteiger partial charge < -0.3 is 5.32 Å². The van der Waals surface area contributed by atoms with Crippen LogP contribution in [0.3, 0.4) is 0 Å². The molecule has 2 unspecified atom stereocenters. The third-order valence-electron chi connectivity index (χ3n) is 2.49. The van der Waals surface area contributed by atoms with Crippen LogP contribution in [0.25, 0.3) is 0 Å². The maximum absolute atomic E-state index is 4.01. The highest BCUT2D eigenvalue weighted by atomic mass is 14.9. The fourth-order valence-corrected chi connectivity index (χ4v) is 1.47. The maximum atomic E-state index is 4.01. The first-order valence-electron chi connectivity index (χ1n) is 4.83. The number of nitrogens with zero attached hydrogens (tertiary/aromatic N) is 1. The maximum Gasteiger partial charge on any atom is 0.0813 e. The van der Waals surface area contributed by atoms with Crippen molar-refractivity contribution in [3.8, 4) is 0 Å². The molecule has 0 saturated heterocycles. The van der Waals surface area contributed by atoms with Crippen LogP contribution in [0, 0.1) is 11.8 Å². The molecule has 0 saturated carbocycles. The molecule has 0 fully saturated rings. The Morgan fingerprint density at radius 2 is 2.00 bits per heavy atom. The standard InChI is InChI=1S/C11H18N2/c1-5-13-11-7-9(3)8(2)6-10(11)12-4/h6-9,13H,4-5H2,1-3H3. The Labute approximate surface area is 80.4 Å². The zero-order valence-electron chi connectivity index (χ0n) is 8.67. The van der Waals surface area contributed by atoms with Gasteiger partial charge in [-0.25, -0.2) is 0 Å². The van der Waals surface area contributed by atoms with Crippen molar-refractivity contribution in [2.45, 2.75) is 20.8 Å². The normalized spacial score (nSPS) is 27.6. The minimum absolute atomic E-state index is 0.558. The molecule has 0 aromatic carbocycles. The largest absolute Gasteiger partial charge is 0.384 e. The van der Waals surface area contributed by atoms with E-state index in [4.69, 9.17) is 0 Å². The Hall–Kier alpha value is -1.05. The van der Waals surface area contributed by atoms with Gasteiger partial charge in [-0.05, 0) is 25.5 Å². The van der Waals surface area contributed by atoms with Crippen molar-refractivity contribution >= 4 is 6.72 Å². The molecule has 0 aliphatic heterocycles. The van der Waals surface area contributed by atoms with Crippen LogP contribution in [-0.4, -0.2) is 13.3 Å². The van der Waals surface area contributed by atoms with E-state index >= 15 is 0 Å². The van der Waals surface area contributed by atoms with Crippen molar-refractivity contribution in [3.05, 3.63) is 23.5 Å².